The van der Waals surface area contributed by atoms with Crippen molar-refractivity contribution in [2.45, 2.75) is 51.1 Å². The molecule has 0 aromatic heterocycles. The van der Waals surface area contributed by atoms with Gasteiger partial charge in [0.1, 0.15) is 12.6 Å². The molecule has 44 heavy (non-hydrogen) atoms. The molecule has 1 N–H and O–H groups in total. The van der Waals surface area contributed by atoms with E-state index >= 15 is 0 Å². The first-order chi connectivity index (χ1) is 21.1. The second kappa shape index (κ2) is 15.0. The largest absolute Gasteiger partial charge is 0.354 e. The van der Waals surface area contributed by atoms with Crippen LogP contribution in [0.2, 0.25) is 5.02 Å². The van der Waals surface area contributed by atoms with Crippen LogP contribution in [0.3, 0.4) is 0 Å². The Morgan fingerprint density at radius 2 is 1.48 bits per heavy atom. The van der Waals surface area contributed by atoms with Gasteiger partial charge in [0.05, 0.1) is 10.6 Å². The van der Waals surface area contributed by atoms with E-state index in [9.17, 15) is 18.0 Å². The maximum Gasteiger partial charge on any atom is 0.264 e. The van der Waals surface area contributed by atoms with E-state index in [1.54, 1.807) is 48.5 Å². The van der Waals surface area contributed by atoms with Crippen molar-refractivity contribution in [1.82, 2.24) is 10.2 Å². The zero-order chi connectivity index (χ0) is 31.7. The third-order valence-corrected chi connectivity index (χ3v) is 9.53. The predicted molar refractivity (Wildman–Crippen MR) is 176 cm³/mol. The lowest BCUT2D eigenvalue weighted by molar-refractivity contribution is -0.140. The fourth-order valence-corrected chi connectivity index (χ4v) is 6.70. The lowest BCUT2D eigenvalue weighted by Crippen LogP contribution is -2.53. The number of hydrogen-bond acceptors (Lipinski definition) is 4. The van der Waals surface area contributed by atoms with E-state index in [-0.39, 0.29) is 23.8 Å². The molecule has 0 saturated heterocycles. The molecule has 0 spiro atoms. The average Bonchev–Trinajstić information content (AvgIpc) is 3.02. The van der Waals surface area contributed by atoms with E-state index in [1.165, 1.54) is 17.0 Å². The molecule has 0 bridgehead atoms. The second-order valence-corrected chi connectivity index (χ2v) is 13.0. The third kappa shape index (κ3) is 8.07. The summed E-state index contributed by atoms with van der Waals surface area (Å²) in [6.07, 6.45) is 0.972. The van der Waals surface area contributed by atoms with Crippen LogP contribution in [0.4, 0.5) is 5.69 Å². The van der Waals surface area contributed by atoms with Crippen molar-refractivity contribution in [3.05, 3.63) is 130 Å². The standard InChI is InChI=1S/C35H38ClN3O4S/c1-4-21-37-35(41)33(23-28-14-7-5-8-15-28)38(24-29-16-12-17-30(36)22-29)34(40)25-39(32-20-11-13-26(2)27(32)3)44(42,43)31-18-9-6-10-19-31/h5-20,22,33H,4,21,23-25H2,1-3H3,(H,37,41)/t33-/m0/s1. The number of carbonyl (C=O) groups excluding carboxylic acids is 2. The summed E-state index contributed by atoms with van der Waals surface area (Å²) in [6.45, 7) is 5.69. The van der Waals surface area contributed by atoms with Crippen molar-refractivity contribution in [3.63, 3.8) is 0 Å². The van der Waals surface area contributed by atoms with Gasteiger partial charge in [0.15, 0.2) is 0 Å². The van der Waals surface area contributed by atoms with Crippen LogP contribution in [-0.2, 0) is 32.6 Å². The Balaban J connectivity index is 1.82. The molecule has 0 aliphatic carbocycles. The van der Waals surface area contributed by atoms with E-state index in [2.05, 4.69) is 5.32 Å². The Morgan fingerprint density at radius 1 is 0.841 bits per heavy atom. The van der Waals surface area contributed by atoms with Gasteiger partial charge >= 0.3 is 0 Å². The van der Waals surface area contributed by atoms with Gasteiger partial charge in [0.25, 0.3) is 10.0 Å². The highest BCUT2D eigenvalue weighted by Crippen LogP contribution is 2.29. The summed E-state index contributed by atoms with van der Waals surface area (Å²) < 4.78 is 29.5. The highest BCUT2D eigenvalue weighted by molar-refractivity contribution is 7.92. The molecule has 1 atom stereocenters. The number of anilines is 1. The molecular weight excluding hydrogens is 594 g/mol. The fraction of sp³-hybridized carbons (Fsp3) is 0.257. The van der Waals surface area contributed by atoms with Crippen LogP contribution in [0.25, 0.3) is 0 Å². The number of carbonyl (C=O) groups is 2. The van der Waals surface area contributed by atoms with Gasteiger partial charge in [0, 0.05) is 24.5 Å². The molecule has 230 valence electrons. The molecule has 4 rings (SSSR count). The summed E-state index contributed by atoms with van der Waals surface area (Å²) in [6, 6.07) is 29.1. The fourth-order valence-electron chi connectivity index (χ4n) is 4.99. The molecule has 0 radical (unpaired) electrons. The van der Waals surface area contributed by atoms with E-state index in [1.807, 2.05) is 63.2 Å². The maximum absolute atomic E-state index is 14.5. The summed E-state index contributed by atoms with van der Waals surface area (Å²) in [5, 5.41) is 3.45. The van der Waals surface area contributed by atoms with Crippen molar-refractivity contribution in [3.8, 4) is 0 Å². The monoisotopic (exact) mass is 631 g/mol. The average molecular weight is 632 g/mol. The number of aryl methyl sites for hydroxylation is 1. The summed E-state index contributed by atoms with van der Waals surface area (Å²) in [5.74, 6) is -0.826. The van der Waals surface area contributed by atoms with Crippen LogP contribution >= 0.6 is 11.6 Å². The van der Waals surface area contributed by atoms with E-state index < -0.39 is 28.5 Å². The van der Waals surface area contributed by atoms with Crippen LogP contribution in [0.1, 0.15) is 35.6 Å². The number of sulfonamides is 1. The van der Waals surface area contributed by atoms with Crippen molar-refractivity contribution in [2.24, 2.45) is 0 Å². The quantitative estimate of drug-likeness (QED) is 0.187. The van der Waals surface area contributed by atoms with Crippen molar-refractivity contribution in [1.29, 1.82) is 0 Å². The Labute approximate surface area is 265 Å². The zero-order valence-corrected chi connectivity index (χ0v) is 26.8. The summed E-state index contributed by atoms with van der Waals surface area (Å²) in [7, 11) is -4.16. The lowest BCUT2D eigenvalue weighted by Gasteiger charge is -2.34. The van der Waals surface area contributed by atoms with E-state index in [0.717, 1.165) is 33.0 Å². The first-order valence-corrected chi connectivity index (χ1v) is 16.4. The number of halogens is 1. The first kappa shape index (κ1) is 32.8. The topological polar surface area (TPSA) is 86.8 Å². The number of amides is 2. The number of nitrogens with one attached hydrogen (secondary N) is 1. The molecule has 7 nitrogen and oxygen atoms in total. The van der Waals surface area contributed by atoms with Gasteiger partial charge in [-0.1, -0.05) is 91.3 Å². The molecule has 0 saturated carbocycles. The van der Waals surface area contributed by atoms with Crippen LogP contribution in [-0.4, -0.2) is 44.3 Å². The van der Waals surface area contributed by atoms with Gasteiger partial charge in [-0.2, -0.15) is 0 Å². The van der Waals surface area contributed by atoms with E-state index in [0.29, 0.717) is 17.3 Å². The van der Waals surface area contributed by atoms with Crippen LogP contribution in [0, 0.1) is 13.8 Å². The normalized spacial score (nSPS) is 11.9. The lowest BCUT2D eigenvalue weighted by atomic mass is 10.0. The van der Waals surface area contributed by atoms with Crippen LogP contribution in [0.5, 0.6) is 0 Å². The third-order valence-electron chi connectivity index (χ3n) is 7.52. The van der Waals surface area contributed by atoms with Crippen molar-refractivity contribution in [2.75, 3.05) is 17.4 Å². The summed E-state index contributed by atoms with van der Waals surface area (Å²) in [4.78, 5) is 29.8. The Kier molecular flexibility index (Phi) is 11.2. The number of benzene rings is 4. The number of nitrogens with zero attached hydrogens (tertiary/aromatic N) is 2. The Bertz CT molecular complexity index is 1680. The molecule has 0 unspecified atom stereocenters. The van der Waals surface area contributed by atoms with Gasteiger partial charge in [0.2, 0.25) is 11.8 Å². The van der Waals surface area contributed by atoms with Gasteiger partial charge in [-0.05, 0) is 72.9 Å². The number of rotatable bonds is 13. The minimum atomic E-state index is -4.16. The maximum atomic E-state index is 14.5. The zero-order valence-electron chi connectivity index (χ0n) is 25.2. The molecule has 9 heteroatoms. The summed E-state index contributed by atoms with van der Waals surface area (Å²) in [5.41, 5.74) is 3.62. The SMILES string of the molecule is CCCNC(=O)[C@H](Cc1ccccc1)N(Cc1cccc(Cl)c1)C(=O)CN(c1cccc(C)c1C)S(=O)(=O)c1ccccc1. The molecule has 4 aromatic carbocycles. The first-order valence-electron chi connectivity index (χ1n) is 14.6. The molecule has 4 aromatic rings. The van der Waals surface area contributed by atoms with Gasteiger partial charge in [-0.15, -0.1) is 0 Å². The smallest absolute Gasteiger partial charge is 0.264 e. The minimum Gasteiger partial charge on any atom is -0.354 e. The van der Waals surface area contributed by atoms with Crippen molar-refractivity contribution < 1.29 is 18.0 Å². The summed E-state index contributed by atoms with van der Waals surface area (Å²) >= 11 is 6.30. The second-order valence-electron chi connectivity index (χ2n) is 10.7. The minimum absolute atomic E-state index is 0.0580. The Hall–Kier alpha value is -4.14. The predicted octanol–water partition coefficient (Wildman–Crippen LogP) is 6.32. The van der Waals surface area contributed by atoms with Crippen LogP contribution in [0.15, 0.2) is 108 Å². The highest BCUT2D eigenvalue weighted by Gasteiger charge is 2.35. The highest BCUT2D eigenvalue weighted by atomic mass is 35.5. The molecule has 2 amide bonds. The van der Waals surface area contributed by atoms with Crippen LogP contribution < -0.4 is 9.62 Å². The van der Waals surface area contributed by atoms with Gasteiger partial charge < -0.3 is 10.2 Å². The van der Waals surface area contributed by atoms with E-state index in [4.69, 9.17) is 11.6 Å². The molecule has 0 aliphatic heterocycles. The molecule has 0 heterocycles. The van der Waals surface area contributed by atoms with Gasteiger partial charge in [-0.3, -0.25) is 13.9 Å². The Morgan fingerprint density at radius 3 is 2.14 bits per heavy atom. The number of hydrogen-bond donors (Lipinski definition) is 1. The van der Waals surface area contributed by atoms with Gasteiger partial charge in [-0.25, -0.2) is 8.42 Å². The van der Waals surface area contributed by atoms with Crippen molar-refractivity contribution >= 4 is 39.1 Å². The molecular formula is C35H38ClN3O4S. The molecule has 0 fully saturated rings. The molecule has 0 aliphatic rings.